The number of carbonyl (C=O) groups excluding carboxylic acids is 2. The molecule has 0 spiro atoms. The van der Waals surface area contributed by atoms with Crippen molar-refractivity contribution in [3.8, 4) is 5.75 Å². The molecule has 1 aliphatic rings. The molecule has 0 unspecified atom stereocenters. The molecule has 6 heteroatoms. The molecule has 6 nitrogen and oxygen atoms in total. The zero-order chi connectivity index (χ0) is 14.4. The Labute approximate surface area is 118 Å². The van der Waals surface area contributed by atoms with Crippen LogP contribution < -0.4 is 15.4 Å². The Hall–Kier alpha value is -2.08. The molecule has 0 bridgehead atoms. The lowest BCUT2D eigenvalue weighted by molar-refractivity contribution is -0.143. The Bertz CT molecular complexity index is 484. The van der Waals surface area contributed by atoms with Gasteiger partial charge in [0.05, 0.1) is 6.61 Å². The highest BCUT2D eigenvalue weighted by Crippen LogP contribution is 2.17. The Morgan fingerprint density at radius 2 is 2.10 bits per heavy atom. The van der Waals surface area contributed by atoms with Crippen molar-refractivity contribution in [2.75, 3.05) is 38.1 Å². The van der Waals surface area contributed by atoms with Gasteiger partial charge in [0, 0.05) is 37.9 Å². The fourth-order valence-electron chi connectivity index (χ4n) is 2.03. The van der Waals surface area contributed by atoms with Crippen LogP contribution >= 0.6 is 0 Å². The number of nitrogens with zero attached hydrogens (tertiary/aromatic N) is 1. The Kier molecular flexibility index (Phi) is 4.95. The molecule has 1 aromatic carbocycles. The molecule has 1 aromatic rings. The van der Waals surface area contributed by atoms with Crippen LogP contribution in [0.15, 0.2) is 24.3 Å². The molecule has 108 valence electrons. The summed E-state index contributed by atoms with van der Waals surface area (Å²) in [6.07, 6.45) is 0. The summed E-state index contributed by atoms with van der Waals surface area (Å²) >= 11 is 0. The second-order valence-corrected chi connectivity index (χ2v) is 4.46. The largest absolute Gasteiger partial charge is 0.494 e. The third kappa shape index (κ3) is 3.71. The van der Waals surface area contributed by atoms with Gasteiger partial charge in [0.15, 0.2) is 0 Å². The maximum Gasteiger partial charge on any atom is 0.313 e. The number of ether oxygens (including phenoxy) is 1. The minimum absolute atomic E-state index is 0.492. The van der Waals surface area contributed by atoms with Crippen LogP contribution in [0.1, 0.15) is 6.92 Å². The van der Waals surface area contributed by atoms with Crippen LogP contribution in [0.3, 0.4) is 0 Å². The van der Waals surface area contributed by atoms with Gasteiger partial charge in [-0.3, -0.25) is 9.59 Å². The van der Waals surface area contributed by atoms with Gasteiger partial charge in [-0.05, 0) is 19.1 Å². The molecule has 2 amide bonds. The Balaban J connectivity index is 1.96. The van der Waals surface area contributed by atoms with Crippen molar-refractivity contribution in [2.45, 2.75) is 6.92 Å². The van der Waals surface area contributed by atoms with Gasteiger partial charge in [-0.25, -0.2) is 0 Å². The van der Waals surface area contributed by atoms with Gasteiger partial charge in [0.1, 0.15) is 5.75 Å². The molecule has 2 rings (SSSR count). The quantitative estimate of drug-likeness (QED) is 0.787. The number of nitrogens with one attached hydrogen (secondary N) is 2. The first-order chi connectivity index (χ1) is 9.70. The minimum atomic E-state index is -0.611. The van der Waals surface area contributed by atoms with Crippen LogP contribution in [-0.2, 0) is 9.59 Å². The lowest BCUT2D eigenvalue weighted by atomic mass is 10.3. The van der Waals surface area contributed by atoms with Crippen molar-refractivity contribution >= 4 is 17.5 Å². The van der Waals surface area contributed by atoms with Crippen molar-refractivity contribution in [1.82, 2.24) is 10.2 Å². The van der Waals surface area contributed by atoms with E-state index in [-0.39, 0.29) is 0 Å². The number of rotatable bonds is 3. The lowest BCUT2D eigenvalue weighted by Gasteiger charge is -2.26. The second-order valence-electron chi connectivity index (χ2n) is 4.46. The van der Waals surface area contributed by atoms with E-state index >= 15 is 0 Å². The third-order valence-corrected chi connectivity index (χ3v) is 3.00. The minimum Gasteiger partial charge on any atom is -0.494 e. The van der Waals surface area contributed by atoms with Crippen molar-refractivity contribution in [3.05, 3.63) is 24.3 Å². The van der Waals surface area contributed by atoms with Gasteiger partial charge < -0.3 is 20.3 Å². The highest BCUT2D eigenvalue weighted by Gasteiger charge is 2.23. The molecule has 0 atom stereocenters. The monoisotopic (exact) mass is 277 g/mol. The first-order valence-electron chi connectivity index (χ1n) is 6.74. The molecule has 0 aromatic heterocycles. The Morgan fingerprint density at radius 3 is 2.80 bits per heavy atom. The summed E-state index contributed by atoms with van der Waals surface area (Å²) in [5, 5.41) is 5.74. The zero-order valence-electron chi connectivity index (χ0n) is 11.5. The summed E-state index contributed by atoms with van der Waals surface area (Å²) in [6.45, 7) is 5.00. The van der Waals surface area contributed by atoms with Gasteiger partial charge >= 0.3 is 11.8 Å². The van der Waals surface area contributed by atoms with Crippen LogP contribution in [-0.4, -0.2) is 49.5 Å². The number of amides is 2. The topological polar surface area (TPSA) is 70.7 Å². The number of anilines is 1. The summed E-state index contributed by atoms with van der Waals surface area (Å²) in [5.41, 5.74) is 0.560. The van der Waals surface area contributed by atoms with Gasteiger partial charge in [-0.15, -0.1) is 0 Å². The van der Waals surface area contributed by atoms with Crippen molar-refractivity contribution in [1.29, 1.82) is 0 Å². The number of piperazine rings is 1. The van der Waals surface area contributed by atoms with E-state index in [0.717, 1.165) is 13.1 Å². The fourth-order valence-corrected chi connectivity index (χ4v) is 2.03. The molecule has 0 saturated carbocycles. The maximum absolute atomic E-state index is 12.0. The van der Waals surface area contributed by atoms with Crippen LogP contribution in [0.25, 0.3) is 0 Å². The molecule has 0 radical (unpaired) electrons. The zero-order valence-corrected chi connectivity index (χ0v) is 11.5. The van der Waals surface area contributed by atoms with E-state index in [1.54, 1.807) is 29.2 Å². The van der Waals surface area contributed by atoms with Crippen molar-refractivity contribution < 1.29 is 14.3 Å². The molecule has 2 N–H and O–H groups in total. The first-order valence-corrected chi connectivity index (χ1v) is 6.74. The molecular weight excluding hydrogens is 258 g/mol. The van der Waals surface area contributed by atoms with Crippen LogP contribution in [0.5, 0.6) is 5.75 Å². The van der Waals surface area contributed by atoms with E-state index in [0.29, 0.717) is 31.1 Å². The summed E-state index contributed by atoms with van der Waals surface area (Å²) in [6, 6.07) is 7.01. The first kappa shape index (κ1) is 14.3. The molecule has 0 aliphatic carbocycles. The summed E-state index contributed by atoms with van der Waals surface area (Å²) < 4.78 is 5.35. The van der Waals surface area contributed by atoms with E-state index in [1.165, 1.54) is 0 Å². The average molecular weight is 277 g/mol. The second kappa shape index (κ2) is 6.91. The highest BCUT2D eigenvalue weighted by atomic mass is 16.5. The molecule has 1 heterocycles. The van der Waals surface area contributed by atoms with E-state index in [9.17, 15) is 9.59 Å². The van der Waals surface area contributed by atoms with Crippen LogP contribution in [0, 0.1) is 0 Å². The summed E-state index contributed by atoms with van der Waals surface area (Å²) in [5.74, 6) is -0.436. The van der Waals surface area contributed by atoms with Gasteiger partial charge in [-0.2, -0.15) is 0 Å². The number of carbonyl (C=O) groups is 2. The highest BCUT2D eigenvalue weighted by molar-refractivity contribution is 6.39. The standard InChI is InChI=1S/C14H19N3O3/c1-2-20-12-5-3-4-11(10-12)16-13(18)14(19)17-8-6-15-7-9-17/h3-5,10,15H,2,6-9H2,1H3,(H,16,18). The molecule has 20 heavy (non-hydrogen) atoms. The number of benzene rings is 1. The van der Waals surface area contributed by atoms with Gasteiger partial charge in [0.2, 0.25) is 0 Å². The normalized spacial score (nSPS) is 14.8. The lowest BCUT2D eigenvalue weighted by Crippen LogP contribution is -2.49. The third-order valence-electron chi connectivity index (χ3n) is 3.00. The predicted molar refractivity (Wildman–Crippen MR) is 75.7 cm³/mol. The predicted octanol–water partition coefficient (Wildman–Crippen LogP) is 0.456. The van der Waals surface area contributed by atoms with E-state index in [2.05, 4.69) is 10.6 Å². The molecular formula is C14H19N3O3. The van der Waals surface area contributed by atoms with Crippen LogP contribution in [0.4, 0.5) is 5.69 Å². The maximum atomic E-state index is 12.0. The van der Waals surface area contributed by atoms with E-state index in [1.807, 2.05) is 6.92 Å². The van der Waals surface area contributed by atoms with Gasteiger partial charge in [0.25, 0.3) is 0 Å². The SMILES string of the molecule is CCOc1cccc(NC(=O)C(=O)N2CCNCC2)c1. The summed E-state index contributed by atoms with van der Waals surface area (Å²) in [4.78, 5) is 25.4. The van der Waals surface area contributed by atoms with Crippen molar-refractivity contribution in [3.63, 3.8) is 0 Å². The van der Waals surface area contributed by atoms with E-state index < -0.39 is 11.8 Å². The summed E-state index contributed by atoms with van der Waals surface area (Å²) in [7, 11) is 0. The average Bonchev–Trinajstić information content (AvgIpc) is 2.48. The molecule has 1 fully saturated rings. The molecule has 1 aliphatic heterocycles. The van der Waals surface area contributed by atoms with Crippen molar-refractivity contribution in [2.24, 2.45) is 0 Å². The van der Waals surface area contributed by atoms with E-state index in [4.69, 9.17) is 4.74 Å². The smallest absolute Gasteiger partial charge is 0.313 e. The van der Waals surface area contributed by atoms with Gasteiger partial charge in [-0.1, -0.05) is 6.07 Å². The van der Waals surface area contributed by atoms with Crippen LogP contribution in [0.2, 0.25) is 0 Å². The number of hydrogen-bond donors (Lipinski definition) is 2. The Morgan fingerprint density at radius 1 is 1.35 bits per heavy atom. The fraction of sp³-hybridized carbons (Fsp3) is 0.429. The molecule has 1 saturated heterocycles. The number of hydrogen-bond acceptors (Lipinski definition) is 4.